The van der Waals surface area contributed by atoms with Crippen molar-refractivity contribution < 1.29 is 0 Å². The Kier molecular flexibility index (Phi) is 4.07. The number of nitrogens with one attached hydrogen (secondary N) is 1. The van der Waals surface area contributed by atoms with E-state index >= 15 is 0 Å². The van der Waals surface area contributed by atoms with E-state index in [0.29, 0.717) is 25.0 Å². The van der Waals surface area contributed by atoms with Crippen molar-refractivity contribution in [3.05, 3.63) is 48.4 Å². The number of fused-ring (bicyclic) bond motifs is 1. The van der Waals surface area contributed by atoms with Crippen LogP contribution in [0.5, 0.6) is 0 Å². The van der Waals surface area contributed by atoms with E-state index in [2.05, 4.69) is 27.3 Å². The van der Waals surface area contributed by atoms with Crippen LogP contribution in [0.4, 0.5) is 0 Å². The van der Waals surface area contributed by atoms with Crippen molar-refractivity contribution in [3.8, 4) is 34.9 Å². The van der Waals surface area contributed by atoms with Gasteiger partial charge in [-0.15, -0.1) is 0 Å². The highest BCUT2D eigenvalue weighted by Crippen LogP contribution is 2.46. The Labute approximate surface area is 172 Å². The minimum Gasteiger partial charge on any atom is -0.282 e. The molecule has 1 saturated carbocycles. The topological polar surface area (TPSA) is 120 Å². The van der Waals surface area contributed by atoms with Gasteiger partial charge in [0.25, 0.3) is 0 Å². The lowest BCUT2D eigenvalue weighted by molar-refractivity contribution is 0.0884. The smallest absolute Gasteiger partial charge is 0.111 e. The molecule has 0 aliphatic heterocycles. The second-order valence-electron chi connectivity index (χ2n) is 7.80. The Morgan fingerprint density at radius 1 is 1.20 bits per heavy atom. The van der Waals surface area contributed by atoms with E-state index in [-0.39, 0.29) is 5.92 Å². The fourth-order valence-corrected chi connectivity index (χ4v) is 4.17. The fourth-order valence-electron chi connectivity index (χ4n) is 4.17. The van der Waals surface area contributed by atoms with Crippen molar-refractivity contribution >= 4 is 10.9 Å². The fraction of sp³-hybridized carbons (Fsp3) is 0.273. The molecule has 0 bridgehead atoms. The van der Waals surface area contributed by atoms with Crippen LogP contribution in [0.1, 0.15) is 25.0 Å². The Morgan fingerprint density at radius 3 is 2.80 bits per heavy atom. The summed E-state index contributed by atoms with van der Waals surface area (Å²) < 4.78 is 1.84. The van der Waals surface area contributed by atoms with Gasteiger partial charge in [-0.2, -0.15) is 20.7 Å². The molecule has 0 atom stereocenters. The van der Waals surface area contributed by atoms with Crippen molar-refractivity contribution in [3.63, 3.8) is 0 Å². The average molecular weight is 394 g/mol. The third kappa shape index (κ3) is 2.82. The van der Waals surface area contributed by atoms with Crippen molar-refractivity contribution in [2.45, 2.75) is 31.7 Å². The molecule has 8 nitrogen and oxygen atoms in total. The zero-order chi connectivity index (χ0) is 20.7. The van der Waals surface area contributed by atoms with Crippen LogP contribution >= 0.6 is 0 Å². The maximum Gasteiger partial charge on any atom is 0.111 e. The molecule has 0 amide bonds. The first kappa shape index (κ1) is 18.0. The quantitative estimate of drug-likeness (QED) is 0.563. The van der Waals surface area contributed by atoms with Crippen LogP contribution in [0.15, 0.2) is 42.7 Å². The van der Waals surface area contributed by atoms with Gasteiger partial charge in [0.05, 0.1) is 41.2 Å². The predicted octanol–water partition coefficient (Wildman–Crippen LogP) is 3.73. The molecule has 4 aromatic heterocycles. The maximum absolute atomic E-state index is 9.31. The standard InChI is InChI=1S/C22H18N8/c1-14-9-20(28-27-14)19-10-18-16(3-2-7-25-18)21(26-19)17-4-8-30(29-17)22(5-6-23)11-15(12-22)13-24/h2-4,7-10,15H,5,11-12H2,1H3,(H,27,28)/t15-,22+. The summed E-state index contributed by atoms with van der Waals surface area (Å²) in [5.41, 5.74) is 4.24. The highest BCUT2D eigenvalue weighted by atomic mass is 15.3. The molecular weight excluding hydrogens is 376 g/mol. The van der Waals surface area contributed by atoms with Crippen molar-refractivity contribution in [1.82, 2.24) is 29.9 Å². The molecule has 1 N–H and O–H groups in total. The van der Waals surface area contributed by atoms with Crippen molar-refractivity contribution in [2.24, 2.45) is 5.92 Å². The summed E-state index contributed by atoms with van der Waals surface area (Å²) in [5.74, 6) is -0.0274. The van der Waals surface area contributed by atoms with Crippen LogP contribution in [-0.2, 0) is 5.54 Å². The maximum atomic E-state index is 9.31. The van der Waals surface area contributed by atoms with Crippen molar-refractivity contribution in [1.29, 1.82) is 10.5 Å². The zero-order valence-electron chi connectivity index (χ0n) is 16.4. The van der Waals surface area contributed by atoms with Gasteiger partial charge in [0.1, 0.15) is 17.1 Å². The molecule has 30 heavy (non-hydrogen) atoms. The molecule has 0 aromatic carbocycles. The molecule has 0 radical (unpaired) electrons. The van der Waals surface area contributed by atoms with Crippen LogP contribution in [-0.4, -0.2) is 29.9 Å². The molecule has 5 rings (SSSR count). The molecule has 4 heterocycles. The normalized spacial score (nSPS) is 20.4. The average Bonchev–Trinajstić information content (AvgIpc) is 3.39. The molecule has 8 heteroatoms. The minimum absolute atomic E-state index is 0.0274. The van der Waals surface area contributed by atoms with Gasteiger partial charge in [0, 0.05) is 23.5 Å². The molecule has 146 valence electrons. The lowest BCUT2D eigenvalue weighted by atomic mass is 9.67. The number of pyridine rings is 2. The van der Waals surface area contributed by atoms with Gasteiger partial charge in [-0.05, 0) is 50.1 Å². The molecule has 1 fully saturated rings. The first-order valence-electron chi connectivity index (χ1n) is 9.73. The first-order chi connectivity index (χ1) is 14.6. The van der Waals surface area contributed by atoms with Gasteiger partial charge in [0.2, 0.25) is 0 Å². The number of aromatic nitrogens is 6. The molecule has 0 unspecified atom stereocenters. The van der Waals surface area contributed by atoms with Crippen molar-refractivity contribution in [2.75, 3.05) is 0 Å². The second-order valence-corrected chi connectivity index (χ2v) is 7.80. The zero-order valence-corrected chi connectivity index (χ0v) is 16.4. The van der Waals surface area contributed by atoms with Gasteiger partial charge < -0.3 is 0 Å². The monoisotopic (exact) mass is 394 g/mol. The van der Waals surface area contributed by atoms with Crippen LogP contribution in [0, 0.1) is 35.5 Å². The van der Waals surface area contributed by atoms with Crippen LogP contribution in [0.25, 0.3) is 33.7 Å². The highest BCUT2D eigenvalue weighted by molar-refractivity contribution is 5.93. The Morgan fingerprint density at radius 2 is 2.07 bits per heavy atom. The largest absolute Gasteiger partial charge is 0.282 e. The van der Waals surface area contributed by atoms with Crippen LogP contribution < -0.4 is 0 Å². The lowest BCUT2D eigenvalue weighted by Crippen LogP contribution is -2.46. The number of nitriles is 2. The summed E-state index contributed by atoms with van der Waals surface area (Å²) in [7, 11) is 0. The van der Waals surface area contributed by atoms with Gasteiger partial charge in [-0.25, -0.2) is 4.98 Å². The summed E-state index contributed by atoms with van der Waals surface area (Å²) in [5, 5.41) is 31.5. The molecule has 4 aromatic rings. The number of H-pyrrole nitrogens is 1. The highest BCUT2D eigenvalue weighted by Gasteiger charge is 2.46. The van der Waals surface area contributed by atoms with Gasteiger partial charge in [-0.3, -0.25) is 14.8 Å². The van der Waals surface area contributed by atoms with E-state index in [1.807, 2.05) is 48.1 Å². The third-order valence-corrected chi connectivity index (χ3v) is 5.73. The summed E-state index contributed by atoms with van der Waals surface area (Å²) in [6.07, 6.45) is 5.24. The van der Waals surface area contributed by atoms with Gasteiger partial charge >= 0.3 is 0 Å². The number of rotatable bonds is 4. The van der Waals surface area contributed by atoms with E-state index in [4.69, 9.17) is 10.1 Å². The second kappa shape index (κ2) is 6.78. The van der Waals surface area contributed by atoms with E-state index < -0.39 is 5.54 Å². The minimum atomic E-state index is -0.418. The predicted molar refractivity (Wildman–Crippen MR) is 110 cm³/mol. The number of aromatic amines is 1. The first-order valence-corrected chi connectivity index (χ1v) is 9.73. The number of hydrogen-bond donors (Lipinski definition) is 1. The number of aryl methyl sites for hydroxylation is 1. The van der Waals surface area contributed by atoms with Gasteiger partial charge in [0.15, 0.2) is 0 Å². The summed E-state index contributed by atoms with van der Waals surface area (Å²) in [6, 6.07) is 14.2. The SMILES string of the molecule is Cc1cc(-c2cc3ncccc3c(-c3ccn([C@]4(CC#N)C[C@H](C#N)C4)n3)n2)n[nH]1. The van der Waals surface area contributed by atoms with E-state index in [1.54, 1.807) is 6.20 Å². The Balaban J connectivity index is 1.62. The summed E-state index contributed by atoms with van der Waals surface area (Å²) >= 11 is 0. The Bertz CT molecular complexity index is 1330. The van der Waals surface area contributed by atoms with E-state index in [1.165, 1.54) is 0 Å². The summed E-state index contributed by atoms with van der Waals surface area (Å²) in [6.45, 7) is 1.94. The van der Waals surface area contributed by atoms with Crippen LogP contribution in [0.3, 0.4) is 0 Å². The number of nitrogens with zero attached hydrogens (tertiary/aromatic N) is 7. The van der Waals surface area contributed by atoms with Crippen LogP contribution in [0.2, 0.25) is 0 Å². The lowest BCUT2D eigenvalue weighted by Gasteiger charge is -2.43. The summed E-state index contributed by atoms with van der Waals surface area (Å²) in [4.78, 5) is 9.36. The molecule has 0 spiro atoms. The molecule has 1 aliphatic carbocycles. The molecule has 0 saturated heterocycles. The Hall–Kier alpha value is -4.04. The third-order valence-electron chi connectivity index (χ3n) is 5.73. The van der Waals surface area contributed by atoms with Gasteiger partial charge in [-0.1, -0.05) is 0 Å². The molecular formula is C22H18N8. The van der Waals surface area contributed by atoms with E-state index in [9.17, 15) is 10.5 Å². The number of hydrogen-bond acceptors (Lipinski definition) is 6. The molecule has 1 aliphatic rings. The van der Waals surface area contributed by atoms with E-state index in [0.717, 1.165) is 33.7 Å².